The molecule has 0 aliphatic carbocycles. The number of alkyl halides is 3. The van der Waals surface area contributed by atoms with Crippen molar-refractivity contribution >= 4 is 11.7 Å². The van der Waals surface area contributed by atoms with Crippen LogP contribution in [-0.2, 0) is 4.74 Å². The molecule has 134 valence electrons. The summed E-state index contributed by atoms with van der Waals surface area (Å²) in [7, 11) is 0. The second-order valence-electron chi connectivity index (χ2n) is 5.54. The van der Waals surface area contributed by atoms with Crippen LogP contribution in [0.25, 0.3) is 0 Å². The fraction of sp³-hybridized carbons (Fsp3) is 0.562. The van der Waals surface area contributed by atoms with Gasteiger partial charge in [0.2, 0.25) is 0 Å². The molecule has 1 heterocycles. The van der Waals surface area contributed by atoms with E-state index in [9.17, 15) is 18.0 Å². The van der Waals surface area contributed by atoms with E-state index in [-0.39, 0.29) is 17.9 Å². The first-order valence-corrected chi connectivity index (χ1v) is 7.84. The topological polar surface area (TPSA) is 50.8 Å². The number of carbonyl (C=O) groups excluding carboxylic acids is 1. The van der Waals surface area contributed by atoms with Gasteiger partial charge in [-0.1, -0.05) is 6.07 Å². The molecule has 2 amide bonds. The Morgan fingerprint density at radius 1 is 1.46 bits per heavy atom. The second-order valence-corrected chi connectivity index (χ2v) is 5.54. The number of ether oxygens (including phenoxy) is 2. The van der Waals surface area contributed by atoms with Gasteiger partial charge >= 0.3 is 12.2 Å². The van der Waals surface area contributed by atoms with Crippen LogP contribution in [0.5, 0.6) is 5.75 Å². The van der Waals surface area contributed by atoms with Crippen LogP contribution < -0.4 is 10.1 Å². The van der Waals surface area contributed by atoms with Gasteiger partial charge in [-0.15, -0.1) is 0 Å². The first-order valence-electron chi connectivity index (χ1n) is 7.84. The van der Waals surface area contributed by atoms with Crippen LogP contribution in [0.1, 0.15) is 19.8 Å². The molecular weight excluding hydrogens is 325 g/mol. The SMILES string of the molecule is CCN(C[C@H]1CCCO1)C(=O)Nc1cccc(OCC(F)(F)F)c1. The average molecular weight is 346 g/mol. The van der Waals surface area contributed by atoms with Gasteiger partial charge in [0.25, 0.3) is 0 Å². The van der Waals surface area contributed by atoms with Crippen LogP contribution >= 0.6 is 0 Å². The summed E-state index contributed by atoms with van der Waals surface area (Å²) in [6.45, 7) is 2.20. The predicted molar refractivity (Wildman–Crippen MR) is 83.2 cm³/mol. The molecule has 2 rings (SSSR count). The Morgan fingerprint density at radius 3 is 2.88 bits per heavy atom. The lowest BCUT2D eigenvalue weighted by molar-refractivity contribution is -0.153. The average Bonchev–Trinajstić information content (AvgIpc) is 3.03. The van der Waals surface area contributed by atoms with E-state index in [1.165, 1.54) is 18.2 Å². The Bertz CT molecular complexity index is 546. The van der Waals surface area contributed by atoms with E-state index in [0.29, 0.717) is 25.4 Å². The number of halogens is 3. The molecule has 1 aliphatic rings. The van der Waals surface area contributed by atoms with Gasteiger partial charge in [-0.25, -0.2) is 4.79 Å². The Hall–Kier alpha value is -1.96. The molecule has 0 aromatic heterocycles. The van der Waals surface area contributed by atoms with Crippen molar-refractivity contribution in [2.24, 2.45) is 0 Å². The molecule has 0 unspecified atom stereocenters. The third kappa shape index (κ3) is 5.92. The van der Waals surface area contributed by atoms with Crippen molar-refractivity contribution < 1.29 is 27.4 Å². The predicted octanol–water partition coefficient (Wildman–Crippen LogP) is 3.66. The molecule has 0 radical (unpaired) electrons. The van der Waals surface area contributed by atoms with Crippen LogP contribution in [0.2, 0.25) is 0 Å². The normalized spacial score (nSPS) is 17.6. The van der Waals surface area contributed by atoms with Crippen molar-refractivity contribution in [1.29, 1.82) is 0 Å². The Labute approximate surface area is 138 Å². The Morgan fingerprint density at radius 2 is 2.25 bits per heavy atom. The fourth-order valence-corrected chi connectivity index (χ4v) is 2.42. The number of hydrogen-bond acceptors (Lipinski definition) is 3. The van der Waals surface area contributed by atoms with E-state index in [1.54, 1.807) is 11.0 Å². The molecule has 1 aromatic carbocycles. The summed E-state index contributed by atoms with van der Waals surface area (Å²) >= 11 is 0. The van der Waals surface area contributed by atoms with Crippen molar-refractivity contribution in [1.82, 2.24) is 4.90 Å². The van der Waals surface area contributed by atoms with Crippen molar-refractivity contribution in [3.05, 3.63) is 24.3 Å². The van der Waals surface area contributed by atoms with E-state index in [0.717, 1.165) is 12.8 Å². The van der Waals surface area contributed by atoms with Crippen LogP contribution in [-0.4, -0.2) is 49.5 Å². The summed E-state index contributed by atoms with van der Waals surface area (Å²) in [6, 6.07) is 5.58. The summed E-state index contributed by atoms with van der Waals surface area (Å²) in [4.78, 5) is 13.9. The van der Waals surface area contributed by atoms with E-state index in [1.807, 2.05) is 6.92 Å². The lowest BCUT2D eigenvalue weighted by atomic mass is 10.2. The highest BCUT2D eigenvalue weighted by Gasteiger charge is 2.28. The number of anilines is 1. The highest BCUT2D eigenvalue weighted by atomic mass is 19.4. The number of carbonyl (C=O) groups is 1. The smallest absolute Gasteiger partial charge is 0.422 e. The summed E-state index contributed by atoms with van der Waals surface area (Å²) in [5, 5.41) is 2.67. The maximum absolute atomic E-state index is 12.3. The summed E-state index contributed by atoms with van der Waals surface area (Å²) in [5.41, 5.74) is 0.380. The fourth-order valence-electron chi connectivity index (χ4n) is 2.42. The van der Waals surface area contributed by atoms with Gasteiger partial charge < -0.3 is 19.7 Å². The van der Waals surface area contributed by atoms with E-state index in [4.69, 9.17) is 4.74 Å². The minimum absolute atomic E-state index is 0.0390. The van der Waals surface area contributed by atoms with Gasteiger partial charge in [-0.05, 0) is 31.9 Å². The summed E-state index contributed by atoms with van der Waals surface area (Å²) in [6.07, 6.45) is -2.45. The monoisotopic (exact) mass is 346 g/mol. The molecule has 1 atom stereocenters. The van der Waals surface area contributed by atoms with Crippen LogP contribution in [0.4, 0.5) is 23.7 Å². The highest BCUT2D eigenvalue weighted by molar-refractivity contribution is 5.89. The van der Waals surface area contributed by atoms with Gasteiger partial charge in [-0.3, -0.25) is 0 Å². The first kappa shape index (κ1) is 18.4. The van der Waals surface area contributed by atoms with Gasteiger partial charge in [0, 0.05) is 31.5 Å². The van der Waals surface area contributed by atoms with E-state index >= 15 is 0 Å². The Kier molecular flexibility index (Phi) is 6.30. The highest BCUT2D eigenvalue weighted by Crippen LogP contribution is 2.22. The van der Waals surface area contributed by atoms with E-state index < -0.39 is 12.8 Å². The van der Waals surface area contributed by atoms with Gasteiger partial charge in [-0.2, -0.15) is 13.2 Å². The molecule has 1 fully saturated rings. The zero-order valence-corrected chi connectivity index (χ0v) is 13.4. The molecule has 0 spiro atoms. The molecule has 1 N–H and O–H groups in total. The maximum Gasteiger partial charge on any atom is 0.422 e. The minimum atomic E-state index is -4.40. The minimum Gasteiger partial charge on any atom is -0.484 e. The molecule has 5 nitrogen and oxygen atoms in total. The molecule has 1 aliphatic heterocycles. The lowest BCUT2D eigenvalue weighted by Crippen LogP contribution is -2.39. The summed E-state index contributed by atoms with van der Waals surface area (Å²) in [5.74, 6) is 0.0484. The molecule has 1 saturated heterocycles. The molecule has 0 saturated carbocycles. The quantitative estimate of drug-likeness (QED) is 0.855. The second kappa shape index (κ2) is 8.23. The van der Waals surface area contributed by atoms with Crippen molar-refractivity contribution in [2.75, 3.05) is 31.6 Å². The van der Waals surface area contributed by atoms with E-state index in [2.05, 4.69) is 10.1 Å². The number of likely N-dealkylation sites (N-methyl/N-ethyl adjacent to an activating group) is 1. The zero-order valence-electron chi connectivity index (χ0n) is 13.4. The third-order valence-electron chi connectivity index (χ3n) is 3.60. The molecule has 8 heteroatoms. The van der Waals surface area contributed by atoms with Gasteiger partial charge in [0.05, 0.1) is 6.10 Å². The number of nitrogens with one attached hydrogen (secondary N) is 1. The number of rotatable bonds is 6. The largest absolute Gasteiger partial charge is 0.484 e. The van der Waals surface area contributed by atoms with Crippen LogP contribution in [0.15, 0.2) is 24.3 Å². The first-order chi connectivity index (χ1) is 11.4. The Balaban J connectivity index is 1.92. The van der Waals surface area contributed by atoms with Gasteiger partial charge in [0.1, 0.15) is 5.75 Å². The third-order valence-corrected chi connectivity index (χ3v) is 3.60. The van der Waals surface area contributed by atoms with Crippen LogP contribution in [0.3, 0.4) is 0 Å². The molecule has 24 heavy (non-hydrogen) atoms. The number of nitrogens with zero attached hydrogens (tertiary/aromatic N) is 1. The zero-order chi connectivity index (χ0) is 17.6. The van der Waals surface area contributed by atoms with Crippen molar-refractivity contribution in [3.63, 3.8) is 0 Å². The molecular formula is C16H21F3N2O3. The van der Waals surface area contributed by atoms with Crippen LogP contribution in [0, 0.1) is 0 Å². The lowest BCUT2D eigenvalue weighted by Gasteiger charge is -2.24. The number of hydrogen-bond donors (Lipinski definition) is 1. The number of amides is 2. The standard InChI is InChI=1S/C16H21F3N2O3/c1-2-21(10-14-7-4-8-23-14)15(22)20-12-5-3-6-13(9-12)24-11-16(17,18)19/h3,5-6,9,14H,2,4,7-8,10-11H2,1H3,(H,20,22)/t14-/m1/s1. The maximum atomic E-state index is 12.3. The van der Waals surface area contributed by atoms with Crippen molar-refractivity contribution in [2.45, 2.75) is 32.0 Å². The molecule has 0 bridgehead atoms. The number of benzene rings is 1. The van der Waals surface area contributed by atoms with Crippen molar-refractivity contribution in [3.8, 4) is 5.75 Å². The van der Waals surface area contributed by atoms with Gasteiger partial charge in [0.15, 0.2) is 6.61 Å². The number of urea groups is 1. The summed E-state index contributed by atoms with van der Waals surface area (Å²) < 4.78 is 46.7. The molecule has 1 aromatic rings.